The average molecular weight is 334 g/mol. The van der Waals surface area contributed by atoms with E-state index in [2.05, 4.69) is 0 Å². The number of carbonyl (C=O) groups is 2. The fraction of sp³-hybridized carbons (Fsp3) is 0.300. The molecule has 1 amide bonds. The lowest BCUT2D eigenvalue weighted by atomic mass is 9.77. The lowest BCUT2D eigenvalue weighted by Gasteiger charge is -2.24. The van der Waals surface area contributed by atoms with Crippen molar-refractivity contribution in [1.29, 1.82) is 0 Å². The van der Waals surface area contributed by atoms with Crippen LogP contribution in [0.5, 0.6) is 0 Å². The Morgan fingerprint density at radius 2 is 2.04 bits per heavy atom. The van der Waals surface area contributed by atoms with Gasteiger partial charge in [0.15, 0.2) is 0 Å². The zero-order chi connectivity index (χ0) is 17.2. The van der Waals surface area contributed by atoms with E-state index < -0.39 is 29.5 Å². The van der Waals surface area contributed by atoms with Gasteiger partial charge in [-0.25, -0.2) is 0 Å². The summed E-state index contributed by atoms with van der Waals surface area (Å²) in [4.78, 5) is 26.2. The van der Waals surface area contributed by atoms with Crippen LogP contribution in [0, 0.1) is 11.8 Å². The van der Waals surface area contributed by atoms with Gasteiger partial charge in [-0.3, -0.25) is 4.79 Å². The Morgan fingerprint density at radius 1 is 1.24 bits per heavy atom. The number of hydrogen-bond acceptors (Lipinski definition) is 4. The normalized spacial score (nSPS) is 32.6. The first kappa shape index (κ1) is 14.7. The van der Waals surface area contributed by atoms with Crippen molar-refractivity contribution in [2.24, 2.45) is 11.8 Å². The minimum atomic E-state index is -1.21. The first-order valence-electron chi connectivity index (χ1n) is 8.42. The highest BCUT2D eigenvalue weighted by Gasteiger charge is 2.65. The number of fused-ring (bicyclic) bond motifs is 2. The number of carboxylic acids is 1. The van der Waals surface area contributed by atoms with Gasteiger partial charge in [0.25, 0.3) is 0 Å². The van der Waals surface area contributed by atoms with E-state index in [0.29, 0.717) is 13.1 Å². The topological polar surface area (TPSA) is 69.7 Å². The van der Waals surface area contributed by atoms with Gasteiger partial charge in [-0.2, -0.15) is 0 Å². The summed E-state index contributed by atoms with van der Waals surface area (Å²) in [6.45, 7) is 0.830. The monoisotopic (exact) mass is 334 g/mol. The second kappa shape index (κ2) is 4.92. The molecule has 2 bridgehead atoms. The number of ether oxygens (including phenoxy) is 1. The van der Waals surface area contributed by atoms with Crippen LogP contribution in [0.4, 0.5) is 0 Å². The molecule has 5 heteroatoms. The molecule has 1 spiro atoms. The van der Waals surface area contributed by atoms with Gasteiger partial charge >= 0.3 is 0 Å². The van der Waals surface area contributed by atoms with Crippen molar-refractivity contribution in [2.75, 3.05) is 6.54 Å². The van der Waals surface area contributed by atoms with Gasteiger partial charge in [-0.15, -0.1) is 0 Å². The third-order valence-corrected chi connectivity index (χ3v) is 5.69. The Hall–Kier alpha value is -2.66. The predicted molar refractivity (Wildman–Crippen MR) is 88.1 cm³/mol. The summed E-state index contributed by atoms with van der Waals surface area (Å²) in [6, 6.07) is 14.1. The number of carboxylic acid groups (broad SMARTS) is 1. The number of nitrogens with zero attached hydrogens (tertiary/aromatic N) is 1. The molecule has 0 saturated carbocycles. The van der Waals surface area contributed by atoms with Gasteiger partial charge in [-0.05, 0) is 16.3 Å². The van der Waals surface area contributed by atoms with Crippen molar-refractivity contribution in [3.8, 4) is 0 Å². The molecule has 3 heterocycles. The highest BCUT2D eigenvalue weighted by Crippen LogP contribution is 2.51. The lowest BCUT2D eigenvalue weighted by molar-refractivity contribution is -0.313. The van der Waals surface area contributed by atoms with Crippen LogP contribution in [0.1, 0.15) is 5.56 Å². The smallest absolute Gasteiger partial charge is 0.230 e. The summed E-state index contributed by atoms with van der Waals surface area (Å²) in [5.41, 5.74) is 0.239. The zero-order valence-electron chi connectivity index (χ0n) is 13.4. The van der Waals surface area contributed by atoms with E-state index in [1.807, 2.05) is 48.5 Å². The Labute approximate surface area is 144 Å². The third kappa shape index (κ3) is 1.93. The van der Waals surface area contributed by atoms with Gasteiger partial charge in [0.05, 0.1) is 18.6 Å². The van der Waals surface area contributed by atoms with Gasteiger partial charge in [-0.1, -0.05) is 54.6 Å². The van der Waals surface area contributed by atoms with Crippen LogP contribution >= 0.6 is 0 Å². The maximum Gasteiger partial charge on any atom is 0.230 e. The van der Waals surface area contributed by atoms with Crippen LogP contribution in [0.25, 0.3) is 10.8 Å². The molecule has 5 rings (SSSR count). The number of hydrogen-bond donors (Lipinski definition) is 0. The minimum Gasteiger partial charge on any atom is -0.550 e. The maximum absolute atomic E-state index is 12.9. The van der Waals surface area contributed by atoms with E-state index in [1.54, 1.807) is 11.0 Å². The maximum atomic E-state index is 12.9. The summed E-state index contributed by atoms with van der Waals surface area (Å²) < 4.78 is 5.89. The standard InChI is InChI=1S/C20H17NO4/c22-18-17-16(19(23)24)15-8-9-20(17,25-15)11-21(18)10-13-6-3-5-12-4-1-2-7-14(12)13/h1-9,15-17H,10-11H2,(H,23,24)/p-1/t15-,16-,17-,20+/m1/s1. The molecule has 4 atom stereocenters. The second-order valence-corrected chi connectivity index (χ2v) is 7.05. The van der Waals surface area contributed by atoms with E-state index in [9.17, 15) is 14.7 Å². The van der Waals surface area contributed by atoms with Gasteiger partial charge < -0.3 is 19.5 Å². The van der Waals surface area contributed by atoms with E-state index in [-0.39, 0.29) is 5.91 Å². The average Bonchev–Trinajstić information content (AvgIpc) is 3.24. The molecule has 3 aliphatic heterocycles. The summed E-state index contributed by atoms with van der Waals surface area (Å²) in [5.74, 6) is -2.94. The van der Waals surface area contributed by atoms with Crippen molar-refractivity contribution in [3.05, 3.63) is 60.2 Å². The van der Waals surface area contributed by atoms with Crippen LogP contribution in [0.2, 0.25) is 0 Å². The van der Waals surface area contributed by atoms with Crippen molar-refractivity contribution < 1.29 is 19.4 Å². The number of benzene rings is 2. The van der Waals surface area contributed by atoms with Crippen LogP contribution in [-0.2, 0) is 20.9 Å². The quantitative estimate of drug-likeness (QED) is 0.781. The molecule has 126 valence electrons. The molecule has 3 aliphatic rings. The first-order chi connectivity index (χ1) is 12.1. The van der Waals surface area contributed by atoms with Crippen LogP contribution in [0.15, 0.2) is 54.6 Å². The van der Waals surface area contributed by atoms with Crippen molar-refractivity contribution >= 4 is 22.6 Å². The Kier molecular flexibility index (Phi) is 2.89. The predicted octanol–water partition coefficient (Wildman–Crippen LogP) is 0.872. The second-order valence-electron chi connectivity index (χ2n) is 7.05. The highest BCUT2D eigenvalue weighted by atomic mass is 16.5. The molecule has 0 aliphatic carbocycles. The summed E-state index contributed by atoms with van der Waals surface area (Å²) >= 11 is 0. The van der Waals surface area contributed by atoms with Gasteiger partial charge in [0, 0.05) is 18.4 Å². The van der Waals surface area contributed by atoms with Crippen LogP contribution in [-0.4, -0.2) is 35.0 Å². The molecule has 25 heavy (non-hydrogen) atoms. The minimum absolute atomic E-state index is 0.158. The molecule has 2 aromatic rings. The first-order valence-corrected chi connectivity index (χ1v) is 8.42. The number of amides is 1. The molecular formula is C20H16NO4-. The molecule has 2 aromatic carbocycles. The van der Waals surface area contributed by atoms with E-state index in [0.717, 1.165) is 16.3 Å². The van der Waals surface area contributed by atoms with E-state index >= 15 is 0 Å². The fourth-order valence-electron chi connectivity index (χ4n) is 4.62. The molecule has 2 saturated heterocycles. The molecule has 0 radical (unpaired) electrons. The zero-order valence-corrected chi connectivity index (χ0v) is 13.4. The number of carbonyl (C=O) groups excluding carboxylic acids is 2. The third-order valence-electron chi connectivity index (χ3n) is 5.69. The molecule has 0 aromatic heterocycles. The van der Waals surface area contributed by atoms with Crippen LogP contribution in [0.3, 0.4) is 0 Å². The summed E-state index contributed by atoms with van der Waals surface area (Å²) in [7, 11) is 0. The van der Waals surface area contributed by atoms with Crippen LogP contribution < -0.4 is 5.11 Å². The molecule has 0 N–H and O–H groups in total. The molecule has 0 unspecified atom stereocenters. The molecular weight excluding hydrogens is 318 g/mol. The Bertz CT molecular complexity index is 931. The Morgan fingerprint density at radius 3 is 2.88 bits per heavy atom. The van der Waals surface area contributed by atoms with Gasteiger partial charge in [0.1, 0.15) is 5.60 Å². The van der Waals surface area contributed by atoms with Crippen molar-refractivity contribution in [2.45, 2.75) is 18.2 Å². The highest BCUT2D eigenvalue weighted by molar-refractivity contribution is 5.91. The van der Waals surface area contributed by atoms with Crippen molar-refractivity contribution in [1.82, 2.24) is 4.90 Å². The molecule has 5 nitrogen and oxygen atoms in total. The SMILES string of the molecule is O=C([O-])[C@@H]1[C@H]2C=C[C@@]3(CN(Cc4cccc5ccccc45)C(=O)[C@@H]13)O2. The summed E-state index contributed by atoms with van der Waals surface area (Å²) in [5, 5.41) is 13.7. The number of aliphatic carboxylic acids is 1. The van der Waals surface area contributed by atoms with Gasteiger partial charge in [0.2, 0.25) is 5.91 Å². The Balaban J connectivity index is 1.50. The lowest BCUT2D eigenvalue weighted by Crippen LogP contribution is -2.45. The number of rotatable bonds is 3. The van der Waals surface area contributed by atoms with E-state index in [1.165, 1.54) is 0 Å². The van der Waals surface area contributed by atoms with Crippen molar-refractivity contribution in [3.63, 3.8) is 0 Å². The summed E-state index contributed by atoms with van der Waals surface area (Å²) in [6.07, 6.45) is 3.08. The largest absolute Gasteiger partial charge is 0.550 e. The number of likely N-dealkylation sites (tertiary alicyclic amines) is 1. The molecule has 2 fully saturated rings. The van der Waals surface area contributed by atoms with E-state index in [4.69, 9.17) is 4.74 Å². The fourth-order valence-corrected chi connectivity index (χ4v) is 4.62.